The van der Waals surface area contributed by atoms with Crippen molar-refractivity contribution in [3.05, 3.63) is 29.8 Å². The van der Waals surface area contributed by atoms with Crippen LogP contribution in [0.4, 0.5) is 8.78 Å². The minimum Gasteiger partial charge on any atom is -0.435 e. The number of amides is 1. The van der Waals surface area contributed by atoms with Gasteiger partial charge in [0.15, 0.2) is 0 Å². The van der Waals surface area contributed by atoms with Crippen LogP contribution in [-0.4, -0.2) is 52.9 Å². The minimum atomic E-state index is -2.88. The van der Waals surface area contributed by atoms with Crippen molar-refractivity contribution in [3.8, 4) is 5.75 Å². The molecule has 110 valence electrons. The van der Waals surface area contributed by atoms with Crippen molar-refractivity contribution >= 4 is 5.91 Å². The first-order chi connectivity index (χ1) is 9.45. The highest BCUT2D eigenvalue weighted by atomic mass is 19.3. The number of hydrogen-bond donors (Lipinski definition) is 2. The molecule has 0 spiro atoms. The summed E-state index contributed by atoms with van der Waals surface area (Å²) >= 11 is 0. The molecule has 0 saturated carbocycles. The van der Waals surface area contributed by atoms with Crippen LogP contribution in [0.3, 0.4) is 0 Å². The second-order valence-corrected chi connectivity index (χ2v) is 4.63. The van der Waals surface area contributed by atoms with E-state index in [0.29, 0.717) is 5.56 Å². The van der Waals surface area contributed by atoms with E-state index in [1.54, 1.807) is 0 Å². The van der Waals surface area contributed by atoms with Crippen molar-refractivity contribution in [1.29, 1.82) is 0 Å². The van der Waals surface area contributed by atoms with Crippen LogP contribution in [0, 0.1) is 0 Å². The molecule has 1 fully saturated rings. The van der Waals surface area contributed by atoms with E-state index in [2.05, 4.69) is 4.74 Å². The quantitative estimate of drug-likeness (QED) is 0.841. The highest BCUT2D eigenvalue weighted by Gasteiger charge is 2.32. The summed E-state index contributed by atoms with van der Waals surface area (Å²) in [5.74, 6) is -0.202. The molecule has 1 heterocycles. The summed E-state index contributed by atoms with van der Waals surface area (Å²) in [6.07, 6.45) is -1.75. The molecule has 1 aromatic rings. The first-order valence-electron chi connectivity index (χ1n) is 6.13. The molecule has 0 bridgehead atoms. The summed E-state index contributed by atoms with van der Waals surface area (Å²) in [5.41, 5.74) is 0.646. The second kappa shape index (κ2) is 6.15. The highest BCUT2D eigenvalue weighted by Crippen LogP contribution is 2.17. The fraction of sp³-hybridized carbons (Fsp3) is 0.462. The molecule has 1 aliphatic rings. The van der Waals surface area contributed by atoms with E-state index < -0.39 is 18.8 Å². The summed E-state index contributed by atoms with van der Waals surface area (Å²) in [5, 5.41) is 18.7. The molecule has 1 aliphatic heterocycles. The number of β-amino-alcohol motifs (C(OH)–C–C–N with tert-alkyl or cyclic N) is 2. The topological polar surface area (TPSA) is 70.0 Å². The molecule has 2 rings (SSSR count). The van der Waals surface area contributed by atoms with Gasteiger partial charge in [-0.1, -0.05) is 12.1 Å². The van der Waals surface area contributed by atoms with Crippen LogP contribution >= 0.6 is 0 Å². The Morgan fingerprint density at radius 1 is 1.25 bits per heavy atom. The number of ether oxygens (including phenoxy) is 1. The number of aliphatic hydroxyl groups excluding tert-OH is 2. The van der Waals surface area contributed by atoms with Gasteiger partial charge in [-0.15, -0.1) is 0 Å². The van der Waals surface area contributed by atoms with Crippen LogP contribution in [0.25, 0.3) is 0 Å². The lowest BCUT2D eigenvalue weighted by Crippen LogP contribution is -2.31. The van der Waals surface area contributed by atoms with Crippen molar-refractivity contribution in [2.24, 2.45) is 0 Å². The number of alkyl halides is 2. The smallest absolute Gasteiger partial charge is 0.387 e. The molecule has 1 amide bonds. The molecule has 20 heavy (non-hydrogen) atoms. The Hall–Kier alpha value is -1.73. The second-order valence-electron chi connectivity index (χ2n) is 4.63. The van der Waals surface area contributed by atoms with Crippen LogP contribution in [0.2, 0.25) is 0 Å². The fourth-order valence-corrected chi connectivity index (χ4v) is 2.05. The number of nitrogens with zero attached hydrogens (tertiary/aromatic N) is 1. The van der Waals surface area contributed by atoms with E-state index in [9.17, 15) is 23.8 Å². The number of rotatable bonds is 4. The van der Waals surface area contributed by atoms with E-state index in [4.69, 9.17) is 0 Å². The lowest BCUT2D eigenvalue weighted by atomic mass is 10.1. The van der Waals surface area contributed by atoms with E-state index in [0.717, 1.165) is 0 Å². The maximum absolute atomic E-state index is 12.0. The van der Waals surface area contributed by atoms with Gasteiger partial charge in [0, 0.05) is 13.1 Å². The predicted molar refractivity (Wildman–Crippen MR) is 65.4 cm³/mol. The van der Waals surface area contributed by atoms with Crippen molar-refractivity contribution in [2.45, 2.75) is 25.2 Å². The Bertz CT molecular complexity index is 456. The number of carbonyl (C=O) groups is 1. The lowest BCUT2D eigenvalue weighted by molar-refractivity contribution is -0.130. The number of likely N-dealkylation sites (tertiary alicyclic amines) is 1. The summed E-state index contributed by atoms with van der Waals surface area (Å²) in [7, 11) is 0. The summed E-state index contributed by atoms with van der Waals surface area (Å²) < 4.78 is 28.2. The molecule has 5 nitrogen and oxygen atoms in total. The minimum absolute atomic E-state index is 0.0308. The molecule has 2 N–H and O–H groups in total. The van der Waals surface area contributed by atoms with Gasteiger partial charge in [-0.25, -0.2) is 0 Å². The Morgan fingerprint density at radius 2 is 1.80 bits per heavy atom. The molecule has 0 radical (unpaired) electrons. The molecular weight excluding hydrogens is 272 g/mol. The van der Waals surface area contributed by atoms with Gasteiger partial charge in [0.1, 0.15) is 5.75 Å². The van der Waals surface area contributed by atoms with Gasteiger partial charge in [0.05, 0.1) is 18.6 Å². The van der Waals surface area contributed by atoms with E-state index in [-0.39, 0.29) is 31.2 Å². The predicted octanol–water partition coefficient (Wildman–Crippen LogP) is 0.395. The third-order valence-electron chi connectivity index (χ3n) is 3.12. The molecule has 7 heteroatoms. The third-order valence-corrected chi connectivity index (χ3v) is 3.12. The van der Waals surface area contributed by atoms with E-state index >= 15 is 0 Å². The zero-order valence-corrected chi connectivity index (χ0v) is 10.6. The Labute approximate surface area is 114 Å². The maximum Gasteiger partial charge on any atom is 0.387 e. The molecule has 1 aromatic carbocycles. The lowest BCUT2D eigenvalue weighted by Gasteiger charge is -2.15. The van der Waals surface area contributed by atoms with Crippen LogP contribution < -0.4 is 4.74 Å². The largest absolute Gasteiger partial charge is 0.435 e. The molecule has 0 aliphatic carbocycles. The number of aliphatic hydroxyl groups is 2. The number of hydrogen-bond acceptors (Lipinski definition) is 4. The maximum atomic E-state index is 12.0. The molecule has 1 saturated heterocycles. The summed E-state index contributed by atoms with van der Waals surface area (Å²) in [4.78, 5) is 13.3. The molecular formula is C13H15F2NO4. The first kappa shape index (κ1) is 14.7. The average Bonchev–Trinajstić information content (AvgIpc) is 2.71. The van der Waals surface area contributed by atoms with E-state index in [1.807, 2.05) is 0 Å². The zero-order valence-electron chi connectivity index (χ0n) is 10.6. The fourth-order valence-electron chi connectivity index (χ4n) is 2.05. The van der Waals surface area contributed by atoms with Gasteiger partial charge in [-0.2, -0.15) is 8.78 Å². The third kappa shape index (κ3) is 3.64. The Balaban J connectivity index is 1.91. The van der Waals surface area contributed by atoms with Crippen molar-refractivity contribution in [3.63, 3.8) is 0 Å². The van der Waals surface area contributed by atoms with E-state index in [1.165, 1.54) is 29.2 Å². The zero-order chi connectivity index (χ0) is 14.7. The van der Waals surface area contributed by atoms with Gasteiger partial charge in [0.25, 0.3) is 0 Å². The molecule has 2 atom stereocenters. The number of benzene rings is 1. The van der Waals surface area contributed by atoms with Gasteiger partial charge in [-0.3, -0.25) is 4.79 Å². The standard InChI is InChI=1S/C13H15F2NO4/c14-13(15)20-9-3-1-8(2-4-9)5-12(19)16-6-10(17)11(18)7-16/h1-4,10-11,13,17-18H,5-7H2. The van der Waals surface area contributed by atoms with Gasteiger partial charge in [-0.05, 0) is 17.7 Å². The van der Waals surface area contributed by atoms with Gasteiger partial charge in [0.2, 0.25) is 5.91 Å². The van der Waals surface area contributed by atoms with Crippen LogP contribution in [-0.2, 0) is 11.2 Å². The van der Waals surface area contributed by atoms with Crippen molar-refractivity contribution in [2.75, 3.05) is 13.1 Å². The van der Waals surface area contributed by atoms with Crippen molar-refractivity contribution in [1.82, 2.24) is 4.90 Å². The highest BCUT2D eigenvalue weighted by molar-refractivity contribution is 5.79. The SMILES string of the molecule is O=C(Cc1ccc(OC(F)F)cc1)N1CC(O)C(O)C1. The monoisotopic (exact) mass is 287 g/mol. The number of halogens is 2. The molecule has 0 aromatic heterocycles. The van der Waals surface area contributed by atoms with Crippen LogP contribution in [0.5, 0.6) is 5.75 Å². The van der Waals surface area contributed by atoms with Crippen LogP contribution in [0.1, 0.15) is 5.56 Å². The summed E-state index contributed by atoms with van der Waals surface area (Å²) in [6, 6.07) is 5.78. The average molecular weight is 287 g/mol. The summed E-state index contributed by atoms with van der Waals surface area (Å²) in [6.45, 7) is -2.67. The Kier molecular flexibility index (Phi) is 4.51. The normalized spacial score (nSPS) is 22.4. The molecule has 2 unspecified atom stereocenters. The van der Waals surface area contributed by atoms with Crippen LogP contribution in [0.15, 0.2) is 24.3 Å². The Morgan fingerprint density at radius 3 is 2.30 bits per heavy atom. The van der Waals surface area contributed by atoms with Gasteiger partial charge >= 0.3 is 6.61 Å². The first-order valence-corrected chi connectivity index (χ1v) is 6.13. The van der Waals surface area contributed by atoms with Gasteiger partial charge < -0.3 is 19.8 Å². The van der Waals surface area contributed by atoms with Crippen molar-refractivity contribution < 1.29 is 28.5 Å². The number of carbonyl (C=O) groups excluding carboxylic acids is 1.